The number of hydrogen-bond acceptors (Lipinski definition) is 4. The molecule has 0 aliphatic heterocycles. The van der Waals surface area contributed by atoms with E-state index in [0.29, 0.717) is 5.75 Å². The Morgan fingerprint density at radius 2 is 1.77 bits per heavy atom. The fraction of sp³-hybridized carbons (Fsp3) is 0.136. The van der Waals surface area contributed by atoms with Crippen molar-refractivity contribution in [3.8, 4) is 5.75 Å². The van der Waals surface area contributed by atoms with E-state index in [2.05, 4.69) is 31.2 Å². The second-order valence-electron chi connectivity index (χ2n) is 6.27. The summed E-state index contributed by atoms with van der Waals surface area (Å²) >= 11 is 0. The van der Waals surface area contributed by atoms with Crippen LogP contribution < -0.4 is 9.64 Å². The van der Waals surface area contributed by atoms with Gasteiger partial charge in [0.1, 0.15) is 12.5 Å². The zero-order valence-electron chi connectivity index (χ0n) is 14.8. The van der Waals surface area contributed by atoms with Crippen LogP contribution in [0.5, 0.6) is 5.75 Å². The summed E-state index contributed by atoms with van der Waals surface area (Å²) in [6, 6.07) is 22.0. The highest BCUT2D eigenvalue weighted by atomic mass is 16.5. The maximum atomic E-state index is 10.1. The third kappa shape index (κ3) is 2.74. The van der Waals surface area contributed by atoms with Gasteiger partial charge in [-0.2, -0.15) is 0 Å². The van der Waals surface area contributed by atoms with Gasteiger partial charge in [0.25, 0.3) is 0 Å². The molecule has 4 nitrogen and oxygen atoms in total. The molecular weight excluding hydrogens is 324 g/mol. The van der Waals surface area contributed by atoms with E-state index in [-0.39, 0.29) is 6.73 Å². The van der Waals surface area contributed by atoms with Crippen LogP contribution in [0.3, 0.4) is 0 Å². The third-order valence-corrected chi connectivity index (χ3v) is 4.58. The molecule has 0 amide bonds. The van der Waals surface area contributed by atoms with Gasteiger partial charge in [-0.05, 0) is 48.9 Å². The van der Waals surface area contributed by atoms with Crippen LogP contribution in [-0.2, 0) is 0 Å². The van der Waals surface area contributed by atoms with Gasteiger partial charge >= 0.3 is 0 Å². The Balaban J connectivity index is 2.03. The highest BCUT2D eigenvalue weighted by Crippen LogP contribution is 2.40. The lowest BCUT2D eigenvalue weighted by atomic mass is 10.1. The van der Waals surface area contributed by atoms with Crippen molar-refractivity contribution in [2.75, 3.05) is 18.7 Å². The molecule has 0 aliphatic rings. The minimum absolute atomic E-state index is 0.161. The van der Waals surface area contributed by atoms with Gasteiger partial charge in [-0.3, -0.25) is 0 Å². The number of aliphatic hydroxyl groups excluding tert-OH is 1. The number of pyridine rings is 1. The Kier molecular flexibility index (Phi) is 4.19. The number of aryl methyl sites for hydroxylation is 1. The molecule has 4 rings (SSSR count). The second kappa shape index (κ2) is 6.65. The molecular formula is C22H20N2O2. The van der Waals surface area contributed by atoms with Crippen LogP contribution >= 0.6 is 0 Å². The van der Waals surface area contributed by atoms with Crippen LogP contribution in [-0.4, -0.2) is 23.9 Å². The van der Waals surface area contributed by atoms with Crippen molar-refractivity contribution in [1.29, 1.82) is 0 Å². The molecule has 1 heterocycles. The lowest BCUT2D eigenvalue weighted by Crippen LogP contribution is -2.19. The predicted molar refractivity (Wildman–Crippen MR) is 106 cm³/mol. The Morgan fingerprint density at radius 1 is 0.962 bits per heavy atom. The van der Waals surface area contributed by atoms with Crippen molar-refractivity contribution < 1.29 is 9.84 Å². The Labute approximate surface area is 152 Å². The van der Waals surface area contributed by atoms with E-state index in [1.54, 1.807) is 7.11 Å². The molecule has 4 aromatic rings. The monoisotopic (exact) mass is 344 g/mol. The molecule has 1 N–H and O–H groups in total. The minimum atomic E-state index is -0.161. The largest absolute Gasteiger partial charge is 0.495 e. The maximum Gasteiger partial charge on any atom is 0.143 e. The Morgan fingerprint density at radius 3 is 2.50 bits per heavy atom. The average Bonchev–Trinajstić information content (AvgIpc) is 2.68. The maximum absolute atomic E-state index is 10.1. The van der Waals surface area contributed by atoms with Gasteiger partial charge in [0.05, 0.1) is 23.8 Å². The van der Waals surface area contributed by atoms with Crippen LogP contribution in [0.25, 0.3) is 21.8 Å². The summed E-state index contributed by atoms with van der Waals surface area (Å²) in [5.41, 5.74) is 4.72. The summed E-state index contributed by atoms with van der Waals surface area (Å²) in [6.07, 6.45) is 0. The molecule has 26 heavy (non-hydrogen) atoms. The Bertz CT molecular complexity index is 1080. The lowest BCUT2D eigenvalue weighted by molar-refractivity contribution is 0.303. The van der Waals surface area contributed by atoms with E-state index in [4.69, 9.17) is 9.72 Å². The predicted octanol–water partition coefficient (Wildman–Crippen LogP) is 4.79. The number of hydrogen-bond donors (Lipinski definition) is 1. The number of methoxy groups -OCH3 is 1. The molecule has 4 heteroatoms. The van der Waals surface area contributed by atoms with E-state index in [1.807, 2.05) is 47.4 Å². The summed E-state index contributed by atoms with van der Waals surface area (Å²) in [7, 11) is 1.64. The number of fused-ring (bicyclic) bond motifs is 2. The fourth-order valence-corrected chi connectivity index (χ4v) is 3.31. The van der Waals surface area contributed by atoms with Crippen molar-refractivity contribution in [2.24, 2.45) is 0 Å². The molecule has 0 aliphatic carbocycles. The first-order chi connectivity index (χ1) is 12.7. The topological polar surface area (TPSA) is 45.6 Å². The van der Waals surface area contributed by atoms with E-state index in [9.17, 15) is 5.11 Å². The van der Waals surface area contributed by atoms with Gasteiger partial charge in [0.2, 0.25) is 0 Å². The van der Waals surface area contributed by atoms with Crippen LogP contribution in [0.4, 0.5) is 11.4 Å². The molecule has 0 radical (unpaired) electrons. The summed E-state index contributed by atoms with van der Waals surface area (Å²) in [5, 5.41) is 12.1. The minimum Gasteiger partial charge on any atom is -0.495 e. The normalized spacial score (nSPS) is 11.0. The summed E-state index contributed by atoms with van der Waals surface area (Å²) < 4.78 is 5.61. The number of rotatable bonds is 4. The number of aliphatic hydroxyl groups is 1. The highest BCUT2D eigenvalue weighted by molar-refractivity contribution is 6.03. The number of para-hydroxylation sites is 1. The zero-order chi connectivity index (χ0) is 18.1. The van der Waals surface area contributed by atoms with E-state index in [1.165, 1.54) is 5.56 Å². The van der Waals surface area contributed by atoms with Crippen molar-refractivity contribution in [1.82, 2.24) is 4.98 Å². The lowest BCUT2D eigenvalue weighted by Gasteiger charge is -2.26. The standard InChI is InChI=1S/C22H20N2O2/c1-15-8-9-16-13-18-19(23-20(16)12-15)10-11-21(26-2)22(18)24(14-25)17-6-4-3-5-7-17/h3-13,25H,14H2,1-2H3. The average molecular weight is 344 g/mol. The smallest absolute Gasteiger partial charge is 0.143 e. The van der Waals surface area contributed by atoms with E-state index < -0.39 is 0 Å². The van der Waals surface area contributed by atoms with Crippen molar-refractivity contribution in [3.63, 3.8) is 0 Å². The molecule has 0 atom stereocenters. The summed E-state index contributed by atoms with van der Waals surface area (Å²) in [6.45, 7) is 1.90. The first-order valence-electron chi connectivity index (χ1n) is 8.53. The summed E-state index contributed by atoms with van der Waals surface area (Å²) in [5.74, 6) is 0.698. The van der Waals surface area contributed by atoms with Crippen LogP contribution in [0.15, 0.2) is 66.7 Å². The highest BCUT2D eigenvalue weighted by Gasteiger charge is 2.18. The van der Waals surface area contributed by atoms with E-state index in [0.717, 1.165) is 33.2 Å². The quantitative estimate of drug-likeness (QED) is 0.427. The number of benzene rings is 3. The number of ether oxygens (including phenoxy) is 1. The van der Waals surface area contributed by atoms with Gasteiger partial charge < -0.3 is 14.7 Å². The molecule has 3 aromatic carbocycles. The SMILES string of the molecule is COc1ccc2nc3cc(C)ccc3cc2c1N(CO)c1ccccc1. The van der Waals surface area contributed by atoms with Crippen molar-refractivity contribution in [3.05, 3.63) is 72.3 Å². The fourth-order valence-electron chi connectivity index (χ4n) is 3.31. The van der Waals surface area contributed by atoms with Crippen LogP contribution in [0.1, 0.15) is 5.56 Å². The van der Waals surface area contributed by atoms with Crippen molar-refractivity contribution in [2.45, 2.75) is 6.92 Å². The number of aromatic nitrogens is 1. The van der Waals surface area contributed by atoms with Gasteiger partial charge in [-0.15, -0.1) is 0 Å². The van der Waals surface area contributed by atoms with Gasteiger partial charge in [0, 0.05) is 16.5 Å². The molecule has 0 spiro atoms. The number of nitrogens with zero attached hydrogens (tertiary/aromatic N) is 2. The van der Waals surface area contributed by atoms with Gasteiger partial charge in [-0.25, -0.2) is 4.98 Å². The molecule has 1 aromatic heterocycles. The molecule has 0 fully saturated rings. The van der Waals surface area contributed by atoms with Crippen LogP contribution in [0, 0.1) is 6.92 Å². The summed E-state index contributed by atoms with van der Waals surface area (Å²) in [4.78, 5) is 6.66. The zero-order valence-corrected chi connectivity index (χ0v) is 14.8. The third-order valence-electron chi connectivity index (χ3n) is 4.58. The molecule has 130 valence electrons. The van der Waals surface area contributed by atoms with Crippen LogP contribution in [0.2, 0.25) is 0 Å². The Hall–Kier alpha value is -3.11. The molecule has 0 bridgehead atoms. The molecule has 0 unspecified atom stereocenters. The molecule has 0 saturated carbocycles. The van der Waals surface area contributed by atoms with Gasteiger partial charge in [-0.1, -0.05) is 30.3 Å². The first-order valence-corrected chi connectivity index (χ1v) is 8.53. The van der Waals surface area contributed by atoms with Gasteiger partial charge in [0.15, 0.2) is 0 Å². The van der Waals surface area contributed by atoms with Crippen molar-refractivity contribution >= 4 is 33.2 Å². The molecule has 0 saturated heterocycles. The second-order valence-corrected chi connectivity index (χ2v) is 6.27. The number of anilines is 2. The van der Waals surface area contributed by atoms with E-state index >= 15 is 0 Å². The first kappa shape index (κ1) is 16.4.